The fourth-order valence-electron chi connectivity index (χ4n) is 8.73. The zero-order valence-electron chi connectivity index (χ0n) is 51.8. The zero-order valence-corrected chi connectivity index (χ0v) is 52.7. The van der Waals surface area contributed by atoms with Crippen LogP contribution >= 0.6 is 7.82 Å². The predicted molar refractivity (Wildman–Crippen MR) is 339 cm³/mol. The molecule has 3 atom stereocenters. The number of hydrogen-bond acceptors (Lipinski definition) is 7. The third-order valence-corrected chi connectivity index (χ3v) is 14.7. The van der Waals surface area contributed by atoms with Crippen LogP contribution in [0.3, 0.4) is 0 Å². The van der Waals surface area contributed by atoms with Gasteiger partial charge < -0.3 is 28.5 Å². The highest BCUT2D eigenvalue weighted by molar-refractivity contribution is 7.45. The lowest BCUT2D eigenvalue weighted by atomic mass is 10.0. The van der Waals surface area contributed by atoms with E-state index in [4.69, 9.17) is 13.8 Å². The van der Waals surface area contributed by atoms with Crippen molar-refractivity contribution in [1.82, 2.24) is 5.32 Å². The molecule has 0 fully saturated rings. The molecule has 0 heterocycles. The Morgan fingerprint density at radius 3 is 1.24 bits per heavy atom. The second-order valence-electron chi connectivity index (χ2n) is 22.5. The number of nitrogens with one attached hydrogen (secondary N) is 1. The zero-order chi connectivity index (χ0) is 57.9. The van der Waals surface area contributed by atoms with E-state index in [-0.39, 0.29) is 24.9 Å². The highest BCUT2D eigenvalue weighted by atomic mass is 31.2. The molecule has 1 N–H and O–H groups in total. The Labute approximate surface area is 487 Å². The van der Waals surface area contributed by atoms with Gasteiger partial charge in [-0.25, -0.2) is 0 Å². The van der Waals surface area contributed by atoms with Crippen LogP contribution in [0.5, 0.6) is 0 Å². The number of quaternary nitrogens is 1. The van der Waals surface area contributed by atoms with Crippen LogP contribution in [0.25, 0.3) is 0 Å². The standard InChI is InChI=1S/C69H121N2O7P/c1-7-10-13-16-19-22-25-27-29-31-33-34-35-36-38-40-42-44-47-50-53-56-59-62-69(73)78-67(60-57-54-51-48-45-24-21-18-15-12-9-3)66(65-77-79(74,75)76-64-63-71(4,5)6)70-68(72)61-58-55-52-49-46-43-41-39-37-32-30-28-26-23-20-17-14-11-8-2/h10,13,19-20,22-23,27-30,33-34,36,38,42,44,57,60,66-67H,7-9,11-12,14-18,21,24-26,31-32,35,37,39-41,43,45-56,58-59,61-65H2,1-6H3,(H-,70,72,74,75)/b13-10-,22-19-,23-20-,29-27-,30-28-,34-33-,38-36-,44-42-,60-57+. The molecule has 0 aliphatic heterocycles. The Morgan fingerprint density at radius 1 is 0.456 bits per heavy atom. The SMILES string of the molecule is CC/C=C\C/C=C\C/C=C\C/C=C\C/C=C\C/C=C\CCCCCCC(=O)OC(/C=C/CCCCCCCCCCC)C(COP(=O)([O-])OCC[N+](C)(C)C)NC(=O)CCCCCCCCCCC/C=C\C/C=C\CCCCC. The van der Waals surface area contributed by atoms with Gasteiger partial charge in [-0.15, -0.1) is 0 Å². The number of carbonyl (C=O) groups is 2. The average Bonchev–Trinajstić information content (AvgIpc) is 3.41. The highest BCUT2D eigenvalue weighted by Gasteiger charge is 2.27. The van der Waals surface area contributed by atoms with Gasteiger partial charge in [-0.2, -0.15) is 0 Å². The minimum atomic E-state index is -4.71. The number of carbonyl (C=O) groups excluding carboxylic acids is 2. The topological polar surface area (TPSA) is 114 Å². The van der Waals surface area contributed by atoms with Crippen LogP contribution in [0.4, 0.5) is 0 Å². The quantitative estimate of drug-likeness (QED) is 0.0212. The van der Waals surface area contributed by atoms with Gasteiger partial charge in [0.15, 0.2) is 0 Å². The summed E-state index contributed by atoms with van der Waals surface area (Å²) in [6.45, 7) is 6.67. The Kier molecular flexibility index (Phi) is 55.4. The molecule has 0 aromatic rings. The van der Waals surface area contributed by atoms with Gasteiger partial charge in [0.1, 0.15) is 19.3 Å². The molecule has 0 aliphatic carbocycles. The maximum atomic E-state index is 13.5. The van der Waals surface area contributed by atoms with E-state index in [9.17, 15) is 19.0 Å². The summed E-state index contributed by atoms with van der Waals surface area (Å²) in [5.41, 5.74) is 0. The molecule has 79 heavy (non-hydrogen) atoms. The van der Waals surface area contributed by atoms with Gasteiger partial charge in [0.2, 0.25) is 5.91 Å². The maximum absolute atomic E-state index is 13.5. The third-order valence-electron chi connectivity index (χ3n) is 13.7. The number of nitrogens with zero attached hydrogens (tertiary/aromatic N) is 1. The first-order valence-corrected chi connectivity index (χ1v) is 33.7. The highest BCUT2D eigenvalue weighted by Crippen LogP contribution is 2.38. The van der Waals surface area contributed by atoms with Crippen molar-refractivity contribution in [2.45, 2.75) is 277 Å². The summed E-state index contributed by atoms with van der Waals surface area (Å²) in [6, 6.07) is -0.908. The molecule has 0 rings (SSSR count). The van der Waals surface area contributed by atoms with Crippen LogP contribution < -0.4 is 10.2 Å². The van der Waals surface area contributed by atoms with Crippen molar-refractivity contribution in [3.8, 4) is 0 Å². The lowest BCUT2D eigenvalue weighted by molar-refractivity contribution is -0.870. The molecule has 0 aromatic carbocycles. The van der Waals surface area contributed by atoms with Crippen LogP contribution in [0.2, 0.25) is 0 Å². The molecule has 0 aromatic heterocycles. The number of phosphoric ester groups is 1. The molecule has 10 heteroatoms. The van der Waals surface area contributed by atoms with E-state index in [1.807, 2.05) is 33.3 Å². The number of unbranched alkanes of at least 4 members (excludes halogenated alkanes) is 25. The molecule has 454 valence electrons. The van der Waals surface area contributed by atoms with E-state index < -0.39 is 26.6 Å². The summed E-state index contributed by atoms with van der Waals surface area (Å²) in [6.07, 6.45) is 79.1. The summed E-state index contributed by atoms with van der Waals surface area (Å²) in [7, 11) is 1.15. The monoisotopic (exact) mass is 1120 g/mol. The molecule has 0 spiro atoms. The molecule has 0 aliphatic rings. The van der Waals surface area contributed by atoms with Gasteiger partial charge in [0.05, 0.1) is 33.8 Å². The van der Waals surface area contributed by atoms with E-state index in [2.05, 4.69) is 123 Å². The van der Waals surface area contributed by atoms with Crippen LogP contribution in [0.15, 0.2) is 109 Å². The van der Waals surface area contributed by atoms with Crippen molar-refractivity contribution in [3.05, 3.63) is 109 Å². The molecule has 1 amide bonds. The van der Waals surface area contributed by atoms with Crippen molar-refractivity contribution >= 4 is 19.7 Å². The van der Waals surface area contributed by atoms with Crippen molar-refractivity contribution in [3.63, 3.8) is 0 Å². The van der Waals surface area contributed by atoms with Crippen LogP contribution in [0, 0.1) is 0 Å². The van der Waals surface area contributed by atoms with Crippen LogP contribution in [-0.4, -0.2) is 69.4 Å². The maximum Gasteiger partial charge on any atom is 0.306 e. The second kappa shape index (κ2) is 57.9. The summed E-state index contributed by atoms with van der Waals surface area (Å²) in [4.78, 5) is 40.0. The van der Waals surface area contributed by atoms with Gasteiger partial charge in [-0.05, 0) is 115 Å². The molecular formula is C69H121N2O7P. The van der Waals surface area contributed by atoms with Gasteiger partial charge in [0.25, 0.3) is 7.82 Å². The number of esters is 1. The number of ether oxygens (including phenoxy) is 1. The van der Waals surface area contributed by atoms with E-state index in [1.54, 1.807) is 0 Å². The number of amides is 1. The van der Waals surface area contributed by atoms with Crippen molar-refractivity contribution < 1.29 is 37.3 Å². The van der Waals surface area contributed by atoms with Crippen LogP contribution in [-0.2, 0) is 27.9 Å². The molecule has 3 unspecified atom stereocenters. The third kappa shape index (κ3) is 59.1. The summed E-state index contributed by atoms with van der Waals surface area (Å²) in [5.74, 6) is -0.579. The molecule has 9 nitrogen and oxygen atoms in total. The van der Waals surface area contributed by atoms with Crippen molar-refractivity contribution in [2.24, 2.45) is 0 Å². The Hall–Kier alpha value is -3.33. The average molecular weight is 1120 g/mol. The Balaban J connectivity index is 5.24. The lowest BCUT2D eigenvalue weighted by Gasteiger charge is -2.30. The molecule has 0 saturated heterocycles. The van der Waals surface area contributed by atoms with Crippen LogP contribution in [0.1, 0.15) is 265 Å². The van der Waals surface area contributed by atoms with E-state index in [0.29, 0.717) is 23.9 Å². The van der Waals surface area contributed by atoms with Gasteiger partial charge in [-0.1, -0.05) is 246 Å². The van der Waals surface area contributed by atoms with E-state index >= 15 is 0 Å². The minimum Gasteiger partial charge on any atom is -0.756 e. The largest absolute Gasteiger partial charge is 0.756 e. The first-order valence-electron chi connectivity index (χ1n) is 32.2. The number of allylic oxidation sites excluding steroid dienone is 17. The first-order chi connectivity index (χ1) is 38.4. The molecule has 0 bridgehead atoms. The summed E-state index contributed by atoms with van der Waals surface area (Å²) in [5, 5.41) is 3.02. The Bertz CT molecular complexity index is 1720. The van der Waals surface area contributed by atoms with Gasteiger partial charge >= 0.3 is 5.97 Å². The normalized spacial score (nSPS) is 14.4. The summed E-state index contributed by atoms with van der Waals surface area (Å²) >= 11 is 0. The van der Waals surface area contributed by atoms with Crippen molar-refractivity contribution in [1.29, 1.82) is 0 Å². The molecule has 0 saturated carbocycles. The lowest BCUT2D eigenvalue weighted by Crippen LogP contribution is -2.47. The fraction of sp³-hybridized carbons (Fsp3) is 0.710. The number of rotatable bonds is 57. The van der Waals surface area contributed by atoms with E-state index in [1.165, 1.54) is 103 Å². The number of likely N-dealkylation sites (N-methyl/N-ethyl adjacent to an activating group) is 1. The molecular weight excluding hydrogens is 1000 g/mol. The van der Waals surface area contributed by atoms with Gasteiger partial charge in [-0.3, -0.25) is 14.2 Å². The smallest absolute Gasteiger partial charge is 0.306 e. The minimum absolute atomic E-state index is 0.0328. The van der Waals surface area contributed by atoms with Gasteiger partial charge in [0, 0.05) is 12.8 Å². The second-order valence-corrected chi connectivity index (χ2v) is 23.9. The number of hydrogen-bond donors (Lipinski definition) is 1. The summed E-state index contributed by atoms with van der Waals surface area (Å²) < 4.78 is 30.3. The van der Waals surface area contributed by atoms with E-state index in [0.717, 1.165) is 122 Å². The first kappa shape index (κ1) is 75.7. The number of phosphoric acid groups is 1. The fourth-order valence-corrected chi connectivity index (χ4v) is 9.45. The Morgan fingerprint density at radius 2 is 0.810 bits per heavy atom. The van der Waals surface area contributed by atoms with Crippen molar-refractivity contribution in [2.75, 3.05) is 40.9 Å². The predicted octanol–water partition coefficient (Wildman–Crippen LogP) is 19.5. The molecule has 0 radical (unpaired) electrons.